The Balaban J connectivity index is 1.66. The lowest BCUT2D eigenvalue weighted by atomic mass is 10.1. The first-order valence-corrected chi connectivity index (χ1v) is 9.40. The molecule has 1 amide bonds. The summed E-state index contributed by atoms with van der Waals surface area (Å²) in [5.74, 6) is -0.911. The van der Waals surface area contributed by atoms with E-state index in [0.29, 0.717) is 0 Å². The number of carbonyl (C=O) groups is 2. The Kier molecular flexibility index (Phi) is 6.74. The average Bonchev–Trinajstić information content (AvgIpc) is 3.00. The Bertz CT molecular complexity index is 805. The lowest BCUT2D eigenvalue weighted by molar-refractivity contribution is 0.0469. The fourth-order valence-corrected chi connectivity index (χ4v) is 3.10. The molecule has 0 bridgehead atoms. The fraction of sp³-hybridized carbons (Fsp3) is 0.318. The second-order valence-electron chi connectivity index (χ2n) is 6.64. The van der Waals surface area contributed by atoms with E-state index in [1.807, 2.05) is 30.3 Å². The Morgan fingerprint density at radius 1 is 0.852 bits per heavy atom. The van der Waals surface area contributed by atoms with Gasteiger partial charge in [0.15, 0.2) is 0 Å². The molecule has 0 radical (unpaired) electrons. The van der Waals surface area contributed by atoms with Gasteiger partial charge in [-0.3, -0.25) is 4.79 Å². The van der Waals surface area contributed by atoms with Crippen molar-refractivity contribution in [2.24, 2.45) is 5.10 Å². The first-order valence-electron chi connectivity index (χ1n) is 9.40. The van der Waals surface area contributed by atoms with Crippen LogP contribution in [0.3, 0.4) is 0 Å². The van der Waals surface area contributed by atoms with E-state index in [9.17, 15) is 9.59 Å². The van der Waals surface area contributed by atoms with Crippen LogP contribution in [0.25, 0.3) is 0 Å². The van der Waals surface area contributed by atoms with Crippen molar-refractivity contribution in [3.63, 3.8) is 0 Å². The van der Waals surface area contributed by atoms with Gasteiger partial charge >= 0.3 is 5.97 Å². The molecule has 0 aliphatic heterocycles. The zero-order valence-corrected chi connectivity index (χ0v) is 15.3. The molecule has 1 saturated carbocycles. The quantitative estimate of drug-likeness (QED) is 0.483. The van der Waals surface area contributed by atoms with Crippen molar-refractivity contribution in [2.75, 3.05) is 0 Å². The lowest BCUT2D eigenvalue weighted by Crippen LogP contribution is -2.22. The van der Waals surface area contributed by atoms with E-state index in [1.54, 1.807) is 24.3 Å². The van der Waals surface area contributed by atoms with Crippen LogP contribution in [0, 0.1) is 0 Å². The van der Waals surface area contributed by atoms with Crippen molar-refractivity contribution in [3.05, 3.63) is 71.3 Å². The molecule has 0 aromatic heterocycles. The van der Waals surface area contributed by atoms with Gasteiger partial charge in [0.2, 0.25) is 0 Å². The number of hydrogen-bond acceptors (Lipinski definition) is 4. The summed E-state index contributed by atoms with van der Waals surface area (Å²) in [4.78, 5) is 25.0. The van der Waals surface area contributed by atoms with Crippen molar-refractivity contribution in [1.82, 2.24) is 5.43 Å². The highest BCUT2D eigenvalue weighted by atomic mass is 16.5. The highest BCUT2D eigenvalue weighted by Crippen LogP contribution is 2.15. The SMILES string of the molecule is O=C(NN=C1CCCCCC1)c1ccccc1C(=O)OCc1ccccc1. The van der Waals surface area contributed by atoms with Gasteiger partial charge in [0, 0.05) is 5.71 Å². The number of esters is 1. The van der Waals surface area contributed by atoms with E-state index in [4.69, 9.17) is 4.74 Å². The molecule has 1 fully saturated rings. The van der Waals surface area contributed by atoms with Crippen LogP contribution in [-0.4, -0.2) is 17.6 Å². The maximum atomic E-state index is 12.5. The topological polar surface area (TPSA) is 67.8 Å². The van der Waals surface area contributed by atoms with Crippen molar-refractivity contribution < 1.29 is 14.3 Å². The van der Waals surface area contributed by atoms with E-state index in [2.05, 4.69) is 10.5 Å². The monoisotopic (exact) mass is 364 g/mol. The number of rotatable bonds is 5. The summed E-state index contributed by atoms with van der Waals surface area (Å²) >= 11 is 0. The molecule has 1 N–H and O–H groups in total. The summed E-state index contributed by atoms with van der Waals surface area (Å²) in [7, 11) is 0. The van der Waals surface area contributed by atoms with Gasteiger partial charge in [-0.15, -0.1) is 0 Å². The minimum Gasteiger partial charge on any atom is -0.457 e. The molecule has 0 saturated heterocycles. The van der Waals surface area contributed by atoms with Crippen molar-refractivity contribution in [1.29, 1.82) is 0 Å². The van der Waals surface area contributed by atoms with Gasteiger partial charge in [0.1, 0.15) is 6.61 Å². The molecule has 2 aromatic carbocycles. The number of amides is 1. The molecule has 2 aromatic rings. The summed E-state index contributed by atoms with van der Waals surface area (Å²) < 4.78 is 5.36. The van der Waals surface area contributed by atoms with Crippen LogP contribution >= 0.6 is 0 Å². The normalized spacial score (nSPS) is 14.1. The molecule has 5 heteroatoms. The van der Waals surface area contributed by atoms with Crippen LogP contribution in [0.2, 0.25) is 0 Å². The van der Waals surface area contributed by atoms with E-state index in [0.717, 1.165) is 37.0 Å². The minimum atomic E-state index is -0.522. The first-order chi connectivity index (χ1) is 13.2. The molecular weight excluding hydrogens is 340 g/mol. The summed E-state index contributed by atoms with van der Waals surface area (Å²) in [5, 5.41) is 4.28. The molecule has 27 heavy (non-hydrogen) atoms. The Morgan fingerprint density at radius 3 is 2.19 bits per heavy atom. The van der Waals surface area contributed by atoms with Crippen LogP contribution in [-0.2, 0) is 11.3 Å². The van der Waals surface area contributed by atoms with Crippen LogP contribution < -0.4 is 5.43 Å². The van der Waals surface area contributed by atoms with Gasteiger partial charge in [-0.25, -0.2) is 10.2 Å². The average molecular weight is 364 g/mol. The van der Waals surface area contributed by atoms with Gasteiger partial charge in [-0.2, -0.15) is 5.10 Å². The third-order valence-electron chi connectivity index (χ3n) is 4.60. The van der Waals surface area contributed by atoms with Gasteiger partial charge in [-0.1, -0.05) is 55.3 Å². The number of carbonyl (C=O) groups excluding carboxylic acids is 2. The number of hydrazone groups is 1. The highest BCUT2D eigenvalue weighted by molar-refractivity contribution is 6.05. The molecular formula is C22H24N2O3. The molecule has 0 atom stereocenters. The summed E-state index contributed by atoms with van der Waals surface area (Å²) in [6.07, 6.45) is 6.47. The van der Waals surface area contributed by atoms with Crippen LogP contribution in [0.1, 0.15) is 64.8 Å². The zero-order chi connectivity index (χ0) is 18.9. The molecule has 0 unspecified atom stereocenters. The van der Waals surface area contributed by atoms with Crippen LogP contribution in [0.15, 0.2) is 59.7 Å². The molecule has 5 nitrogen and oxygen atoms in total. The second-order valence-corrected chi connectivity index (χ2v) is 6.64. The Hall–Kier alpha value is -2.95. The largest absolute Gasteiger partial charge is 0.457 e. The van der Waals surface area contributed by atoms with E-state index >= 15 is 0 Å². The number of nitrogens with zero attached hydrogens (tertiary/aromatic N) is 1. The van der Waals surface area contributed by atoms with Gasteiger partial charge in [-0.05, 0) is 43.4 Å². The molecule has 140 valence electrons. The standard InChI is InChI=1S/C22H24N2O3/c25-21(24-23-18-12-6-1-2-7-13-18)19-14-8-9-15-20(19)22(26)27-16-17-10-4-3-5-11-17/h3-5,8-11,14-15H,1-2,6-7,12-13,16H2,(H,24,25). The van der Waals surface area contributed by atoms with Gasteiger partial charge in [0.25, 0.3) is 5.91 Å². The smallest absolute Gasteiger partial charge is 0.339 e. The number of benzene rings is 2. The highest BCUT2D eigenvalue weighted by Gasteiger charge is 2.18. The van der Waals surface area contributed by atoms with E-state index in [-0.39, 0.29) is 23.6 Å². The number of nitrogens with one attached hydrogen (secondary N) is 1. The number of hydrogen-bond donors (Lipinski definition) is 1. The van der Waals surface area contributed by atoms with Crippen molar-refractivity contribution in [2.45, 2.75) is 45.1 Å². The van der Waals surface area contributed by atoms with Crippen molar-refractivity contribution >= 4 is 17.6 Å². The van der Waals surface area contributed by atoms with Crippen LogP contribution in [0.5, 0.6) is 0 Å². The molecule has 0 spiro atoms. The maximum absolute atomic E-state index is 12.5. The fourth-order valence-electron chi connectivity index (χ4n) is 3.10. The van der Waals surface area contributed by atoms with E-state index < -0.39 is 5.97 Å². The number of ether oxygens (including phenoxy) is 1. The Morgan fingerprint density at radius 2 is 1.48 bits per heavy atom. The predicted octanol–water partition coefficient (Wildman–Crippen LogP) is 4.48. The molecule has 1 aliphatic carbocycles. The van der Waals surface area contributed by atoms with Crippen molar-refractivity contribution in [3.8, 4) is 0 Å². The summed E-state index contributed by atoms with van der Waals surface area (Å²) in [6, 6.07) is 16.1. The summed E-state index contributed by atoms with van der Waals surface area (Å²) in [5.41, 5.74) is 5.04. The van der Waals surface area contributed by atoms with E-state index in [1.165, 1.54) is 12.8 Å². The van der Waals surface area contributed by atoms with Gasteiger partial charge < -0.3 is 4.74 Å². The zero-order valence-electron chi connectivity index (χ0n) is 15.3. The Labute approximate surface area is 159 Å². The third-order valence-corrected chi connectivity index (χ3v) is 4.60. The second kappa shape index (κ2) is 9.67. The van der Waals surface area contributed by atoms with Crippen LogP contribution in [0.4, 0.5) is 0 Å². The lowest BCUT2D eigenvalue weighted by Gasteiger charge is -2.09. The third kappa shape index (κ3) is 5.51. The molecule has 1 aliphatic rings. The van der Waals surface area contributed by atoms with Gasteiger partial charge in [0.05, 0.1) is 11.1 Å². The first kappa shape index (κ1) is 18.8. The summed E-state index contributed by atoms with van der Waals surface area (Å²) in [6.45, 7) is 0.165. The minimum absolute atomic E-state index is 0.165. The predicted molar refractivity (Wildman–Crippen MR) is 105 cm³/mol. The molecule has 0 heterocycles. The maximum Gasteiger partial charge on any atom is 0.339 e. The molecule has 3 rings (SSSR count).